The Bertz CT molecular complexity index is 230. The minimum absolute atomic E-state index is 0.213. The van der Waals surface area contributed by atoms with E-state index in [1.807, 2.05) is 6.92 Å². The zero-order chi connectivity index (χ0) is 9.84. The summed E-state index contributed by atoms with van der Waals surface area (Å²) in [4.78, 5) is 34.1. The van der Waals surface area contributed by atoms with Gasteiger partial charge >= 0.3 is 6.03 Å². The molecule has 1 heterocycles. The highest BCUT2D eigenvalue weighted by molar-refractivity contribution is 6.14. The van der Waals surface area contributed by atoms with Crippen LogP contribution < -0.4 is 5.32 Å². The van der Waals surface area contributed by atoms with Gasteiger partial charge in [-0.3, -0.25) is 19.8 Å². The van der Waals surface area contributed by atoms with E-state index in [0.29, 0.717) is 6.54 Å². The third kappa shape index (κ3) is 2.27. The predicted octanol–water partition coefficient (Wildman–Crippen LogP) is 0.255. The van der Waals surface area contributed by atoms with Crippen molar-refractivity contribution in [1.29, 1.82) is 0 Å². The van der Waals surface area contributed by atoms with Gasteiger partial charge in [-0.2, -0.15) is 0 Å². The van der Waals surface area contributed by atoms with Gasteiger partial charge in [0.1, 0.15) is 6.42 Å². The van der Waals surface area contributed by atoms with E-state index in [0.717, 1.165) is 17.7 Å². The summed E-state index contributed by atoms with van der Waals surface area (Å²) in [6, 6.07) is -0.588. The number of nitrogens with one attached hydrogen (secondary N) is 1. The first-order chi connectivity index (χ1) is 6.15. The quantitative estimate of drug-likeness (QED) is 0.639. The molecule has 1 saturated heterocycles. The van der Waals surface area contributed by atoms with Gasteiger partial charge in [0, 0.05) is 6.54 Å². The molecule has 4 amide bonds. The molecule has 0 radical (unpaired) electrons. The predicted molar refractivity (Wildman–Crippen MR) is 44.8 cm³/mol. The first-order valence-corrected chi connectivity index (χ1v) is 4.29. The van der Waals surface area contributed by atoms with Crippen LogP contribution in [0.2, 0.25) is 0 Å². The lowest BCUT2D eigenvalue weighted by Crippen LogP contribution is -2.52. The smallest absolute Gasteiger partial charge is 0.277 e. The third-order valence-electron chi connectivity index (χ3n) is 1.84. The number of rotatable bonds is 3. The van der Waals surface area contributed by atoms with Gasteiger partial charge in [-0.15, -0.1) is 0 Å². The highest BCUT2D eigenvalue weighted by atomic mass is 16.2. The molecule has 0 spiro atoms. The molecule has 1 N–H and O–H groups in total. The lowest BCUT2D eigenvalue weighted by atomic mass is 10.2. The zero-order valence-electron chi connectivity index (χ0n) is 7.50. The van der Waals surface area contributed by atoms with E-state index in [-0.39, 0.29) is 6.42 Å². The standard InChI is InChI=1S/C8H12N2O3/c1-2-3-4-10-7(12)5-6(11)9-8(10)13/h2-5H2,1H3,(H,9,11,13). The van der Waals surface area contributed by atoms with Crippen molar-refractivity contribution in [3.63, 3.8) is 0 Å². The Labute approximate surface area is 76.1 Å². The van der Waals surface area contributed by atoms with Gasteiger partial charge in [-0.25, -0.2) is 4.79 Å². The first-order valence-electron chi connectivity index (χ1n) is 4.29. The van der Waals surface area contributed by atoms with Gasteiger partial charge in [-0.05, 0) is 6.42 Å². The van der Waals surface area contributed by atoms with E-state index in [1.165, 1.54) is 0 Å². The van der Waals surface area contributed by atoms with Crippen LogP contribution in [0, 0.1) is 0 Å². The molecule has 1 aliphatic heterocycles. The van der Waals surface area contributed by atoms with Gasteiger partial charge < -0.3 is 0 Å². The fourth-order valence-electron chi connectivity index (χ4n) is 1.12. The number of imide groups is 2. The summed E-state index contributed by atoms with van der Waals surface area (Å²) in [5, 5.41) is 2.10. The second-order valence-electron chi connectivity index (χ2n) is 2.93. The number of urea groups is 1. The topological polar surface area (TPSA) is 66.5 Å². The molecule has 1 aliphatic rings. The Kier molecular flexibility index (Phi) is 3.00. The molecule has 0 bridgehead atoms. The average Bonchev–Trinajstić information content (AvgIpc) is 2.02. The van der Waals surface area contributed by atoms with E-state index in [2.05, 4.69) is 5.32 Å². The maximum Gasteiger partial charge on any atom is 0.330 e. The van der Waals surface area contributed by atoms with Crippen molar-refractivity contribution in [3.8, 4) is 0 Å². The van der Waals surface area contributed by atoms with Crippen LogP contribution in [-0.2, 0) is 9.59 Å². The van der Waals surface area contributed by atoms with Crippen LogP contribution in [0.5, 0.6) is 0 Å². The molecule has 0 aromatic rings. The van der Waals surface area contributed by atoms with Crippen molar-refractivity contribution in [2.24, 2.45) is 0 Å². The molecule has 0 unspecified atom stereocenters. The summed E-state index contributed by atoms with van der Waals surface area (Å²) < 4.78 is 0. The summed E-state index contributed by atoms with van der Waals surface area (Å²) in [5.41, 5.74) is 0. The van der Waals surface area contributed by atoms with Gasteiger partial charge in [0.05, 0.1) is 0 Å². The maximum atomic E-state index is 11.2. The molecule has 1 rings (SSSR count). The number of nitrogens with zero attached hydrogens (tertiary/aromatic N) is 1. The molecular weight excluding hydrogens is 172 g/mol. The molecule has 72 valence electrons. The normalized spacial score (nSPS) is 17.6. The number of barbiturate groups is 1. The van der Waals surface area contributed by atoms with Crippen LogP contribution in [0.3, 0.4) is 0 Å². The van der Waals surface area contributed by atoms with Crippen LogP contribution in [-0.4, -0.2) is 29.3 Å². The van der Waals surface area contributed by atoms with Gasteiger partial charge in [0.25, 0.3) is 0 Å². The number of hydrogen-bond acceptors (Lipinski definition) is 3. The molecule has 0 saturated carbocycles. The summed E-state index contributed by atoms with van der Waals surface area (Å²) >= 11 is 0. The van der Waals surface area contributed by atoms with Crippen LogP contribution in [0.4, 0.5) is 4.79 Å². The molecule has 1 fully saturated rings. The van der Waals surface area contributed by atoms with E-state index in [1.54, 1.807) is 0 Å². The summed E-state index contributed by atoms with van der Waals surface area (Å²) in [6.45, 7) is 2.37. The van der Waals surface area contributed by atoms with Crippen molar-refractivity contribution in [2.45, 2.75) is 26.2 Å². The Morgan fingerprint density at radius 2 is 2.08 bits per heavy atom. The zero-order valence-corrected chi connectivity index (χ0v) is 7.50. The lowest BCUT2D eigenvalue weighted by molar-refractivity contribution is -0.136. The van der Waals surface area contributed by atoms with Gasteiger partial charge in [0.15, 0.2) is 0 Å². The first kappa shape index (κ1) is 9.70. The van der Waals surface area contributed by atoms with Crippen molar-refractivity contribution in [3.05, 3.63) is 0 Å². The second kappa shape index (κ2) is 4.02. The third-order valence-corrected chi connectivity index (χ3v) is 1.84. The number of hydrogen-bond donors (Lipinski definition) is 1. The minimum Gasteiger partial charge on any atom is -0.277 e. The Morgan fingerprint density at radius 1 is 1.38 bits per heavy atom. The number of amides is 4. The van der Waals surface area contributed by atoms with Crippen molar-refractivity contribution in [2.75, 3.05) is 6.54 Å². The van der Waals surface area contributed by atoms with E-state index in [9.17, 15) is 14.4 Å². The SMILES string of the molecule is CCCCN1C(=O)CC(=O)NC1=O. The Morgan fingerprint density at radius 3 is 2.62 bits per heavy atom. The summed E-state index contributed by atoms with van der Waals surface area (Å²) in [6.07, 6.45) is 1.47. The van der Waals surface area contributed by atoms with E-state index in [4.69, 9.17) is 0 Å². The van der Waals surface area contributed by atoms with Crippen LogP contribution in [0.1, 0.15) is 26.2 Å². The molecule has 5 heteroatoms. The monoisotopic (exact) mass is 184 g/mol. The number of carbonyl (C=O) groups excluding carboxylic acids is 3. The maximum absolute atomic E-state index is 11.2. The fraction of sp³-hybridized carbons (Fsp3) is 0.625. The molecule has 0 aromatic heterocycles. The van der Waals surface area contributed by atoms with Crippen LogP contribution in [0.15, 0.2) is 0 Å². The molecule has 13 heavy (non-hydrogen) atoms. The molecule has 0 atom stereocenters. The fourth-order valence-corrected chi connectivity index (χ4v) is 1.12. The molecule has 5 nitrogen and oxygen atoms in total. The lowest BCUT2D eigenvalue weighted by Gasteiger charge is -2.24. The molecule has 0 aromatic carbocycles. The van der Waals surface area contributed by atoms with Crippen LogP contribution in [0.25, 0.3) is 0 Å². The number of carbonyl (C=O) groups is 3. The molecule has 0 aliphatic carbocycles. The Hall–Kier alpha value is -1.39. The largest absolute Gasteiger partial charge is 0.330 e. The highest BCUT2D eigenvalue weighted by Crippen LogP contribution is 2.04. The Balaban J connectivity index is 2.56. The summed E-state index contributed by atoms with van der Waals surface area (Å²) in [5.74, 6) is -0.912. The molecular formula is C8H12N2O3. The van der Waals surface area contributed by atoms with Gasteiger partial charge in [-0.1, -0.05) is 13.3 Å². The van der Waals surface area contributed by atoms with Crippen molar-refractivity contribution < 1.29 is 14.4 Å². The second-order valence-corrected chi connectivity index (χ2v) is 2.93. The highest BCUT2D eigenvalue weighted by Gasteiger charge is 2.29. The van der Waals surface area contributed by atoms with Gasteiger partial charge in [0.2, 0.25) is 11.8 Å². The summed E-state index contributed by atoms with van der Waals surface area (Å²) in [7, 11) is 0. The van der Waals surface area contributed by atoms with E-state index >= 15 is 0 Å². The van der Waals surface area contributed by atoms with E-state index < -0.39 is 17.8 Å². The minimum atomic E-state index is -0.588. The number of unbranched alkanes of at least 4 members (excludes halogenated alkanes) is 1. The average molecular weight is 184 g/mol. The van der Waals surface area contributed by atoms with Crippen molar-refractivity contribution >= 4 is 17.8 Å². The van der Waals surface area contributed by atoms with Crippen molar-refractivity contribution in [1.82, 2.24) is 10.2 Å². The van der Waals surface area contributed by atoms with Crippen LogP contribution >= 0.6 is 0 Å².